The van der Waals surface area contributed by atoms with Crippen LogP contribution in [0.15, 0.2) is 12.5 Å². The van der Waals surface area contributed by atoms with E-state index in [-0.39, 0.29) is 12.6 Å². The van der Waals surface area contributed by atoms with Gasteiger partial charge < -0.3 is 15.0 Å². The number of alkyl halides is 2. The Kier molecular flexibility index (Phi) is 5.34. The van der Waals surface area contributed by atoms with E-state index in [9.17, 15) is 8.78 Å². The number of hydrogen-bond donors (Lipinski definition) is 1. The van der Waals surface area contributed by atoms with Crippen molar-refractivity contribution in [3.05, 3.63) is 18.2 Å². The minimum absolute atomic E-state index is 0.0717. The van der Waals surface area contributed by atoms with Crippen molar-refractivity contribution >= 4 is 0 Å². The van der Waals surface area contributed by atoms with Crippen LogP contribution in [0.25, 0.3) is 0 Å². The highest BCUT2D eigenvalue weighted by Gasteiger charge is 2.09. The standard InChI is InChI=1S/C10H17F2N3O/c1-2-8(13)9-5-14-7-15(9)3-4-16-6-10(11)12/h5,7-8,10H,2-4,6,13H2,1H3/t8-/m1/s1. The molecule has 0 radical (unpaired) electrons. The van der Waals surface area contributed by atoms with E-state index >= 15 is 0 Å². The van der Waals surface area contributed by atoms with Crippen molar-refractivity contribution < 1.29 is 13.5 Å². The highest BCUT2D eigenvalue weighted by Crippen LogP contribution is 2.12. The smallest absolute Gasteiger partial charge is 0.261 e. The Labute approximate surface area is 93.4 Å². The molecule has 6 heteroatoms. The van der Waals surface area contributed by atoms with E-state index < -0.39 is 13.0 Å². The molecule has 1 atom stereocenters. The molecule has 0 bridgehead atoms. The maximum atomic E-state index is 11.8. The molecule has 0 fully saturated rings. The van der Waals surface area contributed by atoms with Crippen LogP contribution in [-0.4, -0.2) is 29.2 Å². The average Bonchev–Trinajstić information content (AvgIpc) is 2.71. The molecule has 0 amide bonds. The maximum Gasteiger partial charge on any atom is 0.261 e. The molecule has 0 aliphatic carbocycles. The SMILES string of the molecule is CC[C@@H](N)c1cncn1CCOCC(F)F. The van der Waals surface area contributed by atoms with Crippen molar-refractivity contribution in [2.45, 2.75) is 32.4 Å². The lowest BCUT2D eigenvalue weighted by molar-refractivity contribution is 0.0145. The Morgan fingerprint density at radius 1 is 1.56 bits per heavy atom. The Morgan fingerprint density at radius 2 is 2.31 bits per heavy atom. The summed E-state index contributed by atoms with van der Waals surface area (Å²) in [6.45, 7) is 2.19. The van der Waals surface area contributed by atoms with Crippen molar-refractivity contribution in [3.8, 4) is 0 Å². The summed E-state index contributed by atoms with van der Waals surface area (Å²) < 4.78 is 30.2. The molecule has 16 heavy (non-hydrogen) atoms. The maximum absolute atomic E-state index is 11.8. The van der Waals surface area contributed by atoms with Gasteiger partial charge in [-0.25, -0.2) is 13.8 Å². The summed E-state index contributed by atoms with van der Waals surface area (Å²) in [5.74, 6) is 0. The van der Waals surface area contributed by atoms with E-state index in [1.165, 1.54) is 0 Å². The third-order valence-electron chi connectivity index (χ3n) is 2.28. The summed E-state index contributed by atoms with van der Waals surface area (Å²) >= 11 is 0. The van der Waals surface area contributed by atoms with Crippen LogP contribution in [0.3, 0.4) is 0 Å². The topological polar surface area (TPSA) is 53.1 Å². The second-order valence-electron chi connectivity index (χ2n) is 3.49. The third kappa shape index (κ3) is 3.86. The Bertz CT molecular complexity index is 304. The fourth-order valence-electron chi connectivity index (χ4n) is 1.37. The van der Waals surface area contributed by atoms with Gasteiger partial charge in [0.1, 0.15) is 6.61 Å². The van der Waals surface area contributed by atoms with Gasteiger partial charge in [-0.3, -0.25) is 0 Å². The number of ether oxygens (including phenoxy) is 1. The molecule has 4 nitrogen and oxygen atoms in total. The number of nitrogens with zero attached hydrogens (tertiary/aromatic N) is 2. The fraction of sp³-hybridized carbons (Fsp3) is 0.700. The first kappa shape index (κ1) is 13.1. The molecule has 0 aliphatic rings. The molecule has 0 aliphatic heterocycles. The van der Waals surface area contributed by atoms with Crippen LogP contribution >= 0.6 is 0 Å². The summed E-state index contributed by atoms with van der Waals surface area (Å²) in [5.41, 5.74) is 6.78. The lowest BCUT2D eigenvalue weighted by Crippen LogP contribution is -2.17. The van der Waals surface area contributed by atoms with Gasteiger partial charge in [0, 0.05) is 18.8 Å². The number of halogens is 2. The molecule has 1 aromatic heterocycles. The van der Waals surface area contributed by atoms with E-state index in [4.69, 9.17) is 10.5 Å². The number of imidazole rings is 1. The van der Waals surface area contributed by atoms with Crippen molar-refractivity contribution in [1.29, 1.82) is 0 Å². The summed E-state index contributed by atoms with van der Waals surface area (Å²) in [5, 5.41) is 0. The molecule has 1 rings (SSSR count). The van der Waals surface area contributed by atoms with Crippen molar-refractivity contribution in [2.24, 2.45) is 5.73 Å². The van der Waals surface area contributed by atoms with Crippen LogP contribution in [0.4, 0.5) is 8.78 Å². The summed E-state index contributed by atoms with van der Waals surface area (Å²) in [6, 6.07) is -0.0717. The molecule has 1 heterocycles. The van der Waals surface area contributed by atoms with E-state index in [1.54, 1.807) is 12.5 Å². The lowest BCUT2D eigenvalue weighted by atomic mass is 10.2. The second-order valence-corrected chi connectivity index (χ2v) is 3.49. The first-order valence-electron chi connectivity index (χ1n) is 5.26. The summed E-state index contributed by atoms with van der Waals surface area (Å²) in [4.78, 5) is 3.98. The van der Waals surface area contributed by atoms with E-state index in [0.717, 1.165) is 12.1 Å². The second kappa shape index (κ2) is 6.55. The van der Waals surface area contributed by atoms with Crippen molar-refractivity contribution in [1.82, 2.24) is 9.55 Å². The molecule has 0 unspecified atom stereocenters. The van der Waals surface area contributed by atoms with Gasteiger partial charge in [-0.15, -0.1) is 0 Å². The zero-order valence-electron chi connectivity index (χ0n) is 9.27. The molecule has 92 valence electrons. The predicted molar refractivity (Wildman–Crippen MR) is 56.3 cm³/mol. The lowest BCUT2D eigenvalue weighted by Gasteiger charge is -2.12. The Morgan fingerprint density at radius 3 is 2.94 bits per heavy atom. The van der Waals surface area contributed by atoms with Gasteiger partial charge in [-0.05, 0) is 6.42 Å². The molecular weight excluding hydrogens is 216 g/mol. The van der Waals surface area contributed by atoms with Gasteiger partial charge in [-0.1, -0.05) is 6.92 Å². The Balaban J connectivity index is 2.39. The van der Waals surface area contributed by atoms with Crippen LogP contribution in [-0.2, 0) is 11.3 Å². The minimum atomic E-state index is -2.42. The number of nitrogens with two attached hydrogens (primary N) is 1. The van der Waals surface area contributed by atoms with Crippen LogP contribution in [0.5, 0.6) is 0 Å². The number of aromatic nitrogens is 2. The van der Waals surface area contributed by atoms with Crippen molar-refractivity contribution in [2.75, 3.05) is 13.2 Å². The largest absolute Gasteiger partial charge is 0.374 e. The predicted octanol–water partition coefficient (Wildman–Crippen LogP) is 1.57. The van der Waals surface area contributed by atoms with E-state index in [2.05, 4.69) is 4.98 Å². The molecule has 1 aromatic rings. The number of rotatable bonds is 7. The average molecular weight is 233 g/mol. The number of hydrogen-bond acceptors (Lipinski definition) is 3. The highest BCUT2D eigenvalue weighted by molar-refractivity contribution is 5.04. The quantitative estimate of drug-likeness (QED) is 0.727. The first-order chi connectivity index (χ1) is 7.65. The highest BCUT2D eigenvalue weighted by atomic mass is 19.3. The monoisotopic (exact) mass is 233 g/mol. The van der Waals surface area contributed by atoms with Gasteiger partial charge >= 0.3 is 0 Å². The molecular formula is C10H17F2N3O. The first-order valence-corrected chi connectivity index (χ1v) is 5.26. The molecule has 2 N–H and O–H groups in total. The molecule has 0 saturated carbocycles. The molecule has 0 spiro atoms. The van der Waals surface area contributed by atoms with Gasteiger partial charge in [0.2, 0.25) is 0 Å². The van der Waals surface area contributed by atoms with Gasteiger partial charge in [0.05, 0.1) is 18.6 Å². The normalized spacial score (nSPS) is 13.3. The third-order valence-corrected chi connectivity index (χ3v) is 2.28. The summed E-state index contributed by atoms with van der Waals surface area (Å²) in [6.07, 6.45) is 1.72. The zero-order valence-corrected chi connectivity index (χ0v) is 9.27. The fourth-order valence-corrected chi connectivity index (χ4v) is 1.37. The Hall–Kier alpha value is -1.01. The van der Waals surface area contributed by atoms with Gasteiger partial charge in [0.15, 0.2) is 0 Å². The van der Waals surface area contributed by atoms with Crippen LogP contribution < -0.4 is 5.73 Å². The van der Waals surface area contributed by atoms with Gasteiger partial charge in [0.25, 0.3) is 6.43 Å². The van der Waals surface area contributed by atoms with E-state index in [1.807, 2.05) is 11.5 Å². The zero-order chi connectivity index (χ0) is 12.0. The van der Waals surface area contributed by atoms with Crippen molar-refractivity contribution in [3.63, 3.8) is 0 Å². The van der Waals surface area contributed by atoms with Crippen LogP contribution in [0, 0.1) is 0 Å². The summed E-state index contributed by atoms with van der Waals surface area (Å²) in [7, 11) is 0. The molecule has 0 saturated heterocycles. The van der Waals surface area contributed by atoms with E-state index in [0.29, 0.717) is 6.54 Å². The van der Waals surface area contributed by atoms with Crippen LogP contribution in [0.1, 0.15) is 25.1 Å². The van der Waals surface area contributed by atoms with Gasteiger partial charge in [-0.2, -0.15) is 0 Å². The minimum Gasteiger partial charge on any atom is -0.374 e. The molecule has 0 aromatic carbocycles. The van der Waals surface area contributed by atoms with Crippen LogP contribution in [0.2, 0.25) is 0 Å².